The van der Waals surface area contributed by atoms with Crippen LogP contribution in [0.4, 0.5) is 26.3 Å². The monoisotopic (exact) mass is 365 g/mol. The lowest BCUT2D eigenvalue weighted by molar-refractivity contribution is -0.400. The number of aromatic nitrogens is 1. The Kier molecular flexibility index (Phi) is 6.28. The highest BCUT2D eigenvalue weighted by Crippen LogP contribution is 2.53. The zero-order valence-electron chi connectivity index (χ0n) is 12.2. The summed E-state index contributed by atoms with van der Waals surface area (Å²) in [6, 6.07) is 0.718. The minimum Gasteiger partial charge on any atom is -0.359 e. The molecule has 1 aromatic rings. The average Bonchev–Trinajstić information content (AvgIpc) is 2.40. The van der Waals surface area contributed by atoms with Gasteiger partial charge in [0.25, 0.3) is 5.60 Å². The standard InChI is InChI=1S/C13H14ClF6NO2/c1-3-4-8-5-9(6-21-10(8)14)11(12(15,16)17,13(18,19)20)23-7-22-2/h5-6H,3-4,7H2,1-2H3. The third kappa shape index (κ3) is 3.89. The van der Waals surface area contributed by atoms with Gasteiger partial charge in [-0.2, -0.15) is 26.3 Å². The molecular weight excluding hydrogens is 352 g/mol. The lowest BCUT2D eigenvalue weighted by atomic mass is 9.91. The highest BCUT2D eigenvalue weighted by atomic mass is 35.5. The number of hydrogen-bond donors (Lipinski definition) is 0. The van der Waals surface area contributed by atoms with E-state index in [0.717, 1.165) is 13.2 Å². The zero-order valence-corrected chi connectivity index (χ0v) is 12.9. The summed E-state index contributed by atoms with van der Waals surface area (Å²) in [5.41, 5.74) is -5.66. The predicted octanol–water partition coefficient (Wildman–Crippen LogP) is 4.63. The molecule has 132 valence electrons. The summed E-state index contributed by atoms with van der Waals surface area (Å²) in [5.74, 6) is 0. The number of aryl methyl sites for hydroxylation is 1. The van der Waals surface area contributed by atoms with Crippen molar-refractivity contribution in [3.8, 4) is 0 Å². The van der Waals surface area contributed by atoms with E-state index in [2.05, 4.69) is 14.5 Å². The smallest absolute Gasteiger partial charge is 0.359 e. The summed E-state index contributed by atoms with van der Waals surface area (Å²) in [5, 5.41) is -0.152. The summed E-state index contributed by atoms with van der Waals surface area (Å²) < 4.78 is 88.4. The molecule has 0 aliphatic heterocycles. The SMILES string of the molecule is CCCc1cc(C(OCOC)(C(F)(F)F)C(F)(F)F)cnc1Cl. The van der Waals surface area contributed by atoms with Crippen LogP contribution in [0.1, 0.15) is 24.5 Å². The van der Waals surface area contributed by atoms with Crippen LogP contribution in [0.5, 0.6) is 0 Å². The molecule has 23 heavy (non-hydrogen) atoms. The van der Waals surface area contributed by atoms with Crippen molar-refractivity contribution >= 4 is 11.6 Å². The Labute approximate surface area is 133 Å². The first-order valence-corrected chi connectivity index (χ1v) is 6.80. The van der Waals surface area contributed by atoms with E-state index in [1.807, 2.05) is 0 Å². The highest BCUT2D eigenvalue weighted by molar-refractivity contribution is 6.30. The zero-order chi connectivity index (χ0) is 17.9. The molecule has 10 heteroatoms. The van der Waals surface area contributed by atoms with Gasteiger partial charge in [0.05, 0.1) is 0 Å². The molecule has 1 heterocycles. The van der Waals surface area contributed by atoms with E-state index in [0.29, 0.717) is 12.6 Å². The minimum atomic E-state index is -5.78. The van der Waals surface area contributed by atoms with Crippen LogP contribution in [0.2, 0.25) is 5.15 Å². The van der Waals surface area contributed by atoms with Gasteiger partial charge in [-0.15, -0.1) is 0 Å². The number of nitrogens with zero attached hydrogens (tertiary/aromatic N) is 1. The molecule has 0 aromatic carbocycles. The number of halogens is 7. The lowest BCUT2D eigenvalue weighted by Gasteiger charge is -2.37. The molecule has 0 radical (unpaired) electrons. The number of hydrogen-bond acceptors (Lipinski definition) is 3. The molecule has 0 saturated heterocycles. The number of pyridine rings is 1. The molecule has 0 bridgehead atoms. The third-order valence-corrected chi connectivity index (χ3v) is 3.37. The van der Waals surface area contributed by atoms with E-state index in [-0.39, 0.29) is 17.1 Å². The summed E-state index contributed by atoms with van der Waals surface area (Å²) in [6.07, 6.45) is -10.5. The first-order valence-electron chi connectivity index (χ1n) is 6.42. The van der Waals surface area contributed by atoms with E-state index in [1.54, 1.807) is 6.92 Å². The number of rotatable bonds is 6. The van der Waals surface area contributed by atoms with E-state index in [9.17, 15) is 26.3 Å². The van der Waals surface area contributed by atoms with Crippen molar-refractivity contribution in [1.82, 2.24) is 4.98 Å². The van der Waals surface area contributed by atoms with Gasteiger partial charge in [-0.1, -0.05) is 24.9 Å². The molecule has 0 fully saturated rings. The van der Waals surface area contributed by atoms with Crippen LogP contribution in [0.25, 0.3) is 0 Å². The largest absolute Gasteiger partial charge is 0.431 e. The van der Waals surface area contributed by atoms with Crippen LogP contribution < -0.4 is 0 Å². The Hall–Kier alpha value is -1.06. The Morgan fingerprint density at radius 1 is 1.13 bits per heavy atom. The van der Waals surface area contributed by atoms with Crippen LogP contribution in [0.15, 0.2) is 12.3 Å². The first-order chi connectivity index (χ1) is 10.5. The fraction of sp³-hybridized carbons (Fsp3) is 0.615. The quantitative estimate of drug-likeness (QED) is 0.418. The molecule has 1 rings (SSSR count). The Bertz CT molecular complexity index is 518. The number of methoxy groups -OCH3 is 1. The van der Waals surface area contributed by atoms with Crippen molar-refractivity contribution in [3.05, 3.63) is 28.5 Å². The highest BCUT2D eigenvalue weighted by Gasteiger charge is 2.73. The fourth-order valence-electron chi connectivity index (χ4n) is 2.01. The van der Waals surface area contributed by atoms with Gasteiger partial charge in [0.2, 0.25) is 0 Å². The summed E-state index contributed by atoms with van der Waals surface area (Å²) in [4.78, 5) is 3.44. The van der Waals surface area contributed by atoms with Gasteiger partial charge in [-0.25, -0.2) is 4.98 Å². The van der Waals surface area contributed by atoms with Crippen LogP contribution in [0.3, 0.4) is 0 Å². The van der Waals surface area contributed by atoms with Crippen molar-refractivity contribution in [1.29, 1.82) is 0 Å². The van der Waals surface area contributed by atoms with Gasteiger partial charge >= 0.3 is 12.4 Å². The summed E-state index contributed by atoms with van der Waals surface area (Å²) in [6.45, 7) is 0.496. The van der Waals surface area contributed by atoms with Gasteiger partial charge in [0, 0.05) is 18.9 Å². The second-order valence-corrected chi connectivity index (χ2v) is 5.01. The predicted molar refractivity (Wildman–Crippen MR) is 70.0 cm³/mol. The second-order valence-electron chi connectivity index (χ2n) is 4.65. The maximum absolute atomic E-state index is 13.3. The van der Waals surface area contributed by atoms with Crippen molar-refractivity contribution in [2.24, 2.45) is 0 Å². The van der Waals surface area contributed by atoms with Gasteiger partial charge in [0.15, 0.2) is 0 Å². The van der Waals surface area contributed by atoms with E-state index in [1.165, 1.54) is 0 Å². The Morgan fingerprint density at radius 3 is 2.13 bits per heavy atom. The second kappa shape index (κ2) is 7.23. The molecule has 0 N–H and O–H groups in total. The molecule has 0 saturated carbocycles. The molecule has 0 amide bonds. The molecule has 0 spiro atoms. The molecule has 0 unspecified atom stereocenters. The van der Waals surface area contributed by atoms with Crippen molar-refractivity contribution in [3.63, 3.8) is 0 Å². The van der Waals surface area contributed by atoms with Gasteiger partial charge in [-0.3, -0.25) is 0 Å². The lowest BCUT2D eigenvalue weighted by Crippen LogP contribution is -2.56. The number of alkyl halides is 6. The Morgan fingerprint density at radius 2 is 1.70 bits per heavy atom. The normalized spacial score (nSPS) is 13.4. The van der Waals surface area contributed by atoms with Crippen molar-refractivity contribution in [2.75, 3.05) is 13.9 Å². The Balaban J connectivity index is 3.59. The third-order valence-electron chi connectivity index (χ3n) is 3.03. The molecule has 0 atom stereocenters. The molecule has 3 nitrogen and oxygen atoms in total. The van der Waals surface area contributed by atoms with Crippen LogP contribution in [0, 0.1) is 0 Å². The first kappa shape index (κ1) is 20.0. The van der Waals surface area contributed by atoms with Crippen molar-refractivity contribution in [2.45, 2.75) is 37.7 Å². The van der Waals surface area contributed by atoms with Gasteiger partial charge in [-0.05, 0) is 18.1 Å². The molecule has 0 aliphatic carbocycles. The van der Waals surface area contributed by atoms with E-state index < -0.39 is 30.3 Å². The van der Waals surface area contributed by atoms with Gasteiger partial charge < -0.3 is 9.47 Å². The van der Waals surface area contributed by atoms with Gasteiger partial charge in [0.1, 0.15) is 11.9 Å². The average molecular weight is 366 g/mol. The summed E-state index contributed by atoms with van der Waals surface area (Å²) >= 11 is 5.72. The van der Waals surface area contributed by atoms with Crippen molar-refractivity contribution < 1.29 is 35.8 Å². The van der Waals surface area contributed by atoms with Crippen LogP contribution >= 0.6 is 11.6 Å². The molecule has 1 aromatic heterocycles. The number of ether oxygens (including phenoxy) is 2. The molecular formula is C13H14ClF6NO2. The van der Waals surface area contributed by atoms with E-state index >= 15 is 0 Å². The van der Waals surface area contributed by atoms with Crippen LogP contribution in [-0.4, -0.2) is 31.2 Å². The minimum absolute atomic E-state index is 0.0746. The van der Waals surface area contributed by atoms with Crippen LogP contribution in [-0.2, 0) is 21.5 Å². The topological polar surface area (TPSA) is 31.4 Å². The fourth-order valence-corrected chi connectivity index (χ4v) is 2.21. The maximum atomic E-state index is 13.3. The van der Waals surface area contributed by atoms with E-state index in [4.69, 9.17) is 11.6 Å². The maximum Gasteiger partial charge on any atom is 0.431 e. The molecule has 0 aliphatic rings. The summed E-state index contributed by atoms with van der Waals surface area (Å²) in [7, 11) is 0.917.